The number of rotatable bonds is 5. The number of unbranched alkanes of at least 4 members (excludes halogenated alkanes) is 1. The van der Waals surface area contributed by atoms with Gasteiger partial charge in [0.05, 0.1) is 27.5 Å². The molecule has 0 heterocycles. The van der Waals surface area contributed by atoms with Crippen molar-refractivity contribution < 1.29 is 4.21 Å². The summed E-state index contributed by atoms with van der Waals surface area (Å²) in [5.74, 6) is 0.581. The Morgan fingerprint density at radius 2 is 2.05 bits per heavy atom. The van der Waals surface area contributed by atoms with E-state index in [2.05, 4.69) is 25.1 Å². The minimum atomic E-state index is -1.11. The van der Waals surface area contributed by atoms with E-state index in [9.17, 15) is 9.47 Å². The van der Waals surface area contributed by atoms with E-state index in [1.807, 2.05) is 31.2 Å². The van der Waals surface area contributed by atoms with Crippen LogP contribution in [0, 0.1) is 35.5 Å². The zero-order valence-electron chi connectivity index (χ0n) is 13.3. The Morgan fingerprint density at radius 3 is 2.68 bits per heavy atom. The molecule has 0 saturated heterocycles. The highest BCUT2D eigenvalue weighted by atomic mass is 32.2. The summed E-state index contributed by atoms with van der Waals surface area (Å²) < 4.78 is 13.2. The summed E-state index contributed by atoms with van der Waals surface area (Å²) in [5, 5.41) is 9.90. The molecule has 116 valence electrons. The van der Waals surface area contributed by atoms with E-state index in [4.69, 9.17) is 0 Å². The van der Waals surface area contributed by atoms with Crippen molar-refractivity contribution in [2.24, 2.45) is 17.3 Å². The predicted molar refractivity (Wildman–Crippen MR) is 89.7 cm³/mol. The summed E-state index contributed by atoms with van der Waals surface area (Å²) in [6, 6.07) is 10.6. The van der Waals surface area contributed by atoms with E-state index >= 15 is 0 Å². The summed E-state index contributed by atoms with van der Waals surface area (Å²) in [6.45, 7) is 4.19. The Balaban J connectivity index is 1.96. The molecule has 2 bridgehead atoms. The Bertz CT molecular complexity index is 642. The molecule has 0 aliphatic heterocycles. The van der Waals surface area contributed by atoms with Gasteiger partial charge in [-0.25, -0.2) is 0 Å². The average molecular weight is 313 g/mol. The first kappa shape index (κ1) is 15.5. The molecular weight excluding hydrogens is 290 g/mol. The standard InChI is InChI=1S/C19H23NOS/c1-3-4-11-19(13-20)16-8-7-15(12-16)18(19)22(21)17-9-5-14(2)6-10-17/h5-10,15-16,18H,3-4,11-12H2,1-2H3/t15-,16+,18-,19+,22-/m0/s1. The van der Waals surface area contributed by atoms with Gasteiger partial charge in [0.25, 0.3) is 0 Å². The van der Waals surface area contributed by atoms with Crippen LogP contribution in [0.3, 0.4) is 0 Å². The average Bonchev–Trinajstić information content (AvgIpc) is 3.12. The molecule has 2 nitrogen and oxygen atoms in total. The number of hydrogen-bond donors (Lipinski definition) is 0. The molecular formula is C19H23NOS. The largest absolute Gasteiger partial charge is 0.254 e. The lowest BCUT2D eigenvalue weighted by Crippen LogP contribution is -2.40. The van der Waals surface area contributed by atoms with E-state index in [0.717, 1.165) is 30.6 Å². The molecule has 0 N–H and O–H groups in total. The summed E-state index contributed by atoms with van der Waals surface area (Å²) in [7, 11) is -1.11. The Morgan fingerprint density at radius 1 is 1.32 bits per heavy atom. The highest BCUT2D eigenvalue weighted by Crippen LogP contribution is 2.57. The van der Waals surface area contributed by atoms with E-state index in [1.165, 1.54) is 5.56 Å². The number of allylic oxidation sites excluding steroid dienone is 2. The molecule has 0 aromatic heterocycles. The van der Waals surface area contributed by atoms with Gasteiger partial charge >= 0.3 is 0 Å². The topological polar surface area (TPSA) is 40.9 Å². The zero-order valence-corrected chi connectivity index (χ0v) is 14.1. The Labute approximate surface area is 135 Å². The van der Waals surface area contributed by atoms with Gasteiger partial charge in [0.15, 0.2) is 0 Å². The molecule has 2 aliphatic rings. The van der Waals surface area contributed by atoms with Gasteiger partial charge in [-0.1, -0.05) is 49.6 Å². The van der Waals surface area contributed by atoms with Crippen molar-refractivity contribution in [3.63, 3.8) is 0 Å². The first-order valence-corrected chi connectivity index (χ1v) is 9.40. The SMILES string of the molecule is CCCC[C@@]1(C#N)[C@@H]2C=C[C@@H](C2)[C@@H]1[S@@](=O)c1ccc(C)cc1. The number of aryl methyl sites for hydroxylation is 1. The second-order valence-corrected chi connectivity index (χ2v) is 8.25. The summed E-state index contributed by atoms with van der Waals surface area (Å²) in [4.78, 5) is 0.868. The molecule has 0 spiro atoms. The first-order valence-electron chi connectivity index (χ1n) is 8.19. The van der Waals surface area contributed by atoms with Crippen LogP contribution in [0.5, 0.6) is 0 Å². The van der Waals surface area contributed by atoms with Gasteiger partial charge in [0, 0.05) is 4.90 Å². The van der Waals surface area contributed by atoms with Gasteiger partial charge in [-0.3, -0.25) is 4.21 Å². The highest BCUT2D eigenvalue weighted by Gasteiger charge is 2.58. The monoisotopic (exact) mass is 313 g/mol. The zero-order chi connectivity index (χ0) is 15.7. The van der Waals surface area contributed by atoms with Gasteiger partial charge in [0.2, 0.25) is 0 Å². The molecule has 22 heavy (non-hydrogen) atoms. The van der Waals surface area contributed by atoms with Gasteiger partial charge in [-0.2, -0.15) is 5.26 Å². The third-order valence-corrected chi connectivity index (χ3v) is 7.28. The minimum Gasteiger partial charge on any atom is -0.254 e. The third-order valence-electron chi connectivity index (χ3n) is 5.31. The molecule has 0 unspecified atom stereocenters. The van der Waals surface area contributed by atoms with Crippen molar-refractivity contribution in [1.82, 2.24) is 0 Å². The van der Waals surface area contributed by atoms with Crippen molar-refractivity contribution >= 4 is 10.8 Å². The van der Waals surface area contributed by atoms with Crippen LogP contribution in [0.15, 0.2) is 41.3 Å². The third kappa shape index (κ3) is 2.34. The van der Waals surface area contributed by atoms with Gasteiger partial charge in [-0.15, -0.1) is 0 Å². The van der Waals surface area contributed by atoms with Crippen molar-refractivity contribution in [3.05, 3.63) is 42.0 Å². The van der Waals surface area contributed by atoms with Crippen LogP contribution in [0.25, 0.3) is 0 Å². The summed E-state index contributed by atoms with van der Waals surface area (Å²) in [6.07, 6.45) is 8.38. The van der Waals surface area contributed by atoms with Crippen LogP contribution < -0.4 is 0 Å². The summed E-state index contributed by atoms with van der Waals surface area (Å²) >= 11 is 0. The quantitative estimate of drug-likeness (QED) is 0.757. The van der Waals surface area contributed by atoms with Crippen LogP contribution in [0.1, 0.15) is 38.2 Å². The molecule has 1 fully saturated rings. The maximum absolute atomic E-state index is 13.2. The fourth-order valence-corrected chi connectivity index (χ4v) is 6.04. The second kappa shape index (κ2) is 6.01. The maximum Gasteiger partial charge on any atom is 0.0789 e. The van der Waals surface area contributed by atoms with Crippen molar-refractivity contribution in [2.45, 2.75) is 49.7 Å². The van der Waals surface area contributed by atoms with Gasteiger partial charge in [0.1, 0.15) is 0 Å². The molecule has 5 atom stereocenters. The van der Waals surface area contributed by atoms with E-state index in [0.29, 0.717) is 5.92 Å². The lowest BCUT2D eigenvalue weighted by molar-refractivity contribution is 0.297. The van der Waals surface area contributed by atoms with E-state index in [-0.39, 0.29) is 11.2 Å². The van der Waals surface area contributed by atoms with Gasteiger partial charge in [-0.05, 0) is 43.7 Å². The lowest BCUT2D eigenvalue weighted by Gasteiger charge is -2.35. The number of benzene rings is 1. The summed E-state index contributed by atoms with van der Waals surface area (Å²) in [5.41, 5.74) is 0.733. The van der Waals surface area contributed by atoms with Crippen LogP contribution >= 0.6 is 0 Å². The van der Waals surface area contributed by atoms with Crippen molar-refractivity contribution in [2.75, 3.05) is 0 Å². The number of nitriles is 1. The van der Waals surface area contributed by atoms with E-state index < -0.39 is 16.2 Å². The molecule has 1 saturated carbocycles. The normalized spacial score (nSPS) is 33.8. The Hall–Kier alpha value is -1.40. The lowest BCUT2D eigenvalue weighted by atomic mass is 9.73. The van der Waals surface area contributed by atoms with Crippen molar-refractivity contribution in [3.8, 4) is 6.07 Å². The number of nitrogens with zero attached hydrogens (tertiary/aromatic N) is 1. The van der Waals surface area contributed by atoms with Gasteiger partial charge < -0.3 is 0 Å². The molecule has 0 radical (unpaired) electrons. The fraction of sp³-hybridized carbons (Fsp3) is 0.526. The molecule has 3 rings (SSSR count). The molecule has 2 aliphatic carbocycles. The fourth-order valence-electron chi connectivity index (χ4n) is 4.09. The van der Waals surface area contributed by atoms with Crippen LogP contribution in [0.4, 0.5) is 0 Å². The minimum absolute atomic E-state index is 0.0539. The van der Waals surface area contributed by atoms with Crippen LogP contribution in [-0.4, -0.2) is 9.46 Å². The molecule has 0 amide bonds. The van der Waals surface area contributed by atoms with Crippen molar-refractivity contribution in [1.29, 1.82) is 5.26 Å². The first-order chi connectivity index (χ1) is 10.6. The second-order valence-electron chi connectivity index (χ2n) is 6.68. The Kier molecular flexibility index (Phi) is 4.23. The molecule has 3 heteroatoms. The molecule has 1 aromatic rings. The molecule has 1 aromatic carbocycles. The van der Waals surface area contributed by atoms with Crippen LogP contribution in [-0.2, 0) is 10.8 Å². The number of fused-ring (bicyclic) bond motifs is 2. The smallest absolute Gasteiger partial charge is 0.0789 e. The maximum atomic E-state index is 13.2. The number of hydrogen-bond acceptors (Lipinski definition) is 2. The van der Waals surface area contributed by atoms with E-state index in [1.54, 1.807) is 0 Å². The van der Waals surface area contributed by atoms with Crippen LogP contribution in [0.2, 0.25) is 0 Å². The predicted octanol–water partition coefficient (Wildman–Crippen LogP) is 4.38. The highest BCUT2D eigenvalue weighted by molar-refractivity contribution is 7.85.